The van der Waals surface area contributed by atoms with Gasteiger partial charge in [-0.25, -0.2) is 8.42 Å². The molecular formula is C6H17MgNO14S2. The van der Waals surface area contributed by atoms with Crippen molar-refractivity contribution in [1.82, 2.24) is 6.15 Å². The second-order valence-electron chi connectivity index (χ2n) is 3.19. The zero-order valence-electron chi connectivity index (χ0n) is 12.1. The monoisotopic (exact) mass is 415 g/mol. The van der Waals surface area contributed by atoms with Gasteiger partial charge in [0.25, 0.3) is 0 Å². The molecule has 0 unspecified atom stereocenters. The Balaban J connectivity index is -0.0000000847. The average molecular weight is 416 g/mol. The van der Waals surface area contributed by atoms with Crippen LogP contribution in [0.3, 0.4) is 0 Å². The van der Waals surface area contributed by atoms with Gasteiger partial charge in [0.1, 0.15) is 24.4 Å². The van der Waals surface area contributed by atoms with Crippen LogP contribution in [0.4, 0.5) is 0 Å². The van der Waals surface area contributed by atoms with Gasteiger partial charge in [0.05, 0.1) is 6.61 Å². The van der Waals surface area contributed by atoms with E-state index in [9.17, 15) is 4.79 Å². The second kappa shape index (κ2) is 16.4. The maximum Gasteiger partial charge on any atom is 2.00 e. The van der Waals surface area contributed by atoms with Crippen LogP contribution < -0.4 is 6.15 Å². The van der Waals surface area contributed by atoms with Crippen molar-refractivity contribution < 1.29 is 65.4 Å². The van der Waals surface area contributed by atoms with Crippen LogP contribution in [0.1, 0.15) is 0 Å². The quantitative estimate of drug-likeness (QED) is 0.0951. The van der Waals surface area contributed by atoms with Gasteiger partial charge < -0.3 is 50.1 Å². The molecule has 0 saturated carbocycles. The van der Waals surface area contributed by atoms with E-state index >= 15 is 0 Å². The first kappa shape index (κ1) is 35.1. The second-order valence-corrected chi connectivity index (χ2v) is 4.87. The molecule has 0 aromatic rings. The number of quaternary nitrogens is 1. The van der Waals surface area contributed by atoms with Gasteiger partial charge in [0.2, 0.25) is 10.4 Å². The molecule has 144 valence electrons. The van der Waals surface area contributed by atoms with Gasteiger partial charge >= 0.3 is 23.1 Å². The van der Waals surface area contributed by atoms with E-state index < -0.39 is 51.8 Å². The van der Waals surface area contributed by atoms with Crippen molar-refractivity contribution in [1.29, 1.82) is 0 Å². The summed E-state index contributed by atoms with van der Waals surface area (Å²) in [6, 6.07) is 0. The molecule has 0 spiro atoms. The Morgan fingerprint density at radius 2 is 1.17 bits per heavy atom. The van der Waals surface area contributed by atoms with Crippen LogP contribution in [-0.2, 0) is 25.6 Å². The normalized spacial score (nSPS) is 15.4. The van der Waals surface area contributed by atoms with Gasteiger partial charge in [-0.1, -0.05) is 0 Å². The molecule has 10 N–H and O–H groups in total. The average Bonchev–Trinajstić information content (AvgIpc) is 2.30. The Hall–Kier alpha value is -0.0638. The van der Waals surface area contributed by atoms with Crippen molar-refractivity contribution >= 4 is 50.1 Å². The molecule has 0 aliphatic rings. The third kappa shape index (κ3) is 37.9. The van der Waals surface area contributed by atoms with Crippen molar-refractivity contribution in [3.05, 3.63) is 0 Å². The molecule has 0 saturated heterocycles. The summed E-state index contributed by atoms with van der Waals surface area (Å²) < 4.78 is 66.9. The summed E-state index contributed by atoms with van der Waals surface area (Å²) in [4.78, 5) is 9.90. The topological polar surface area (TPSA) is 312 Å². The van der Waals surface area contributed by atoms with Gasteiger partial charge in [-0.15, -0.1) is 0 Å². The molecule has 0 aromatic heterocycles. The number of hydrogen-bond donors (Lipinski definition) is 7. The minimum absolute atomic E-state index is 0. The summed E-state index contributed by atoms with van der Waals surface area (Å²) in [6.45, 7) is -0.760. The first-order valence-electron chi connectivity index (χ1n) is 4.68. The molecule has 15 nitrogen and oxygen atoms in total. The fraction of sp³-hybridized carbons (Fsp3) is 0.833. The number of rotatable bonds is 5. The molecule has 4 atom stereocenters. The predicted molar refractivity (Wildman–Crippen MR) is 71.7 cm³/mol. The predicted octanol–water partition coefficient (Wildman–Crippen LogP) is -5.72. The van der Waals surface area contributed by atoms with Crippen LogP contribution in [-0.4, -0.2) is 121 Å². The van der Waals surface area contributed by atoms with Crippen molar-refractivity contribution in [2.75, 3.05) is 6.61 Å². The van der Waals surface area contributed by atoms with Gasteiger partial charge in [0.15, 0.2) is 6.29 Å². The molecule has 0 radical (unpaired) electrons. The van der Waals surface area contributed by atoms with Gasteiger partial charge in [-0.3, -0.25) is 13.0 Å². The van der Waals surface area contributed by atoms with E-state index in [1.807, 2.05) is 0 Å². The Morgan fingerprint density at radius 3 is 1.33 bits per heavy atom. The third-order valence-corrected chi connectivity index (χ3v) is 1.42. The molecule has 18 heteroatoms. The van der Waals surface area contributed by atoms with E-state index in [1.165, 1.54) is 0 Å². The number of aliphatic hydroxyl groups excluding tert-OH is 5. The van der Waals surface area contributed by atoms with E-state index in [1.54, 1.807) is 0 Å². The fourth-order valence-electron chi connectivity index (χ4n) is 0.618. The molecule has 0 aliphatic carbocycles. The number of carbonyl (C=O) groups excluding carboxylic acids is 1. The molecule has 24 heavy (non-hydrogen) atoms. The Kier molecular flexibility index (Phi) is 24.0. The standard InChI is InChI=1S/C6H12O6.Mg.H3N.2H2O4S/c7-1-3(9)5(11)6(12)4(10)2-8;;;2*1-5(2,3)4/h1,3-6,8-12H,2H2;;1H3;2*(H2,1,2,3,4)/q;+2;;;/p-2/t3-,4+,5+,6+;;;;/m0..../s1. The van der Waals surface area contributed by atoms with Crippen molar-refractivity contribution in [3.8, 4) is 0 Å². The van der Waals surface area contributed by atoms with E-state index in [2.05, 4.69) is 0 Å². The van der Waals surface area contributed by atoms with Crippen molar-refractivity contribution in [3.63, 3.8) is 0 Å². The number of carbonyl (C=O) groups is 1. The van der Waals surface area contributed by atoms with Crippen LogP contribution in [0.25, 0.3) is 0 Å². The first-order chi connectivity index (χ1) is 9.54. The first-order valence-corrected chi connectivity index (χ1v) is 7.37. The summed E-state index contributed by atoms with van der Waals surface area (Å²) in [5.74, 6) is 0. The Bertz CT molecular complexity index is 447. The van der Waals surface area contributed by atoms with Crippen LogP contribution in [0.15, 0.2) is 0 Å². The largest absolute Gasteiger partial charge is 2.00 e. The zero-order chi connectivity index (χ0) is 18.7. The summed E-state index contributed by atoms with van der Waals surface area (Å²) in [6.07, 6.45) is -6.84. The Labute approximate surface area is 152 Å². The van der Waals surface area contributed by atoms with Gasteiger partial charge in [-0.05, 0) is 0 Å². The third-order valence-electron chi connectivity index (χ3n) is 1.42. The smallest absolute Gasteiger partial charge is 0.759 e. The maximum atomic E-state index is 9.90. The molecule has 0 amide bonds. The summed E-state index contributed by atoms with van der Waals surface area (Å²) in [5.41, 5.74) is 0. The van der Waals surface area contributed by atoms with E-state index in [-0.39, 0.29) is 35.5 Å². The number of aldehydes is 1. The molecule has 0 bridgehead atoms. The van der Waals surface area contributed by atoms with E-state index in [0.717, 1.165) is 0 Å². The van der Waals surface area contributed by atoms with E-state index in [0.29, 0.717) is 0 Å². The minimum atomic E-state index is -5.17. The van der Waals surface area contributed by atoms with Crippen LogP contribution >= 0.6 is 0 Å². The summed E-state index contributed by atoms with van der Waals surface area (Å²) in [5, 5.41) is 43.5. The molecule has 0 aromatic carbocycles. The molecule has 0 fully saturated rings. The molecule has 0 heterocycles. The van der Waals surface area contributed by atoms with Crippen molar-refractivity contribution in [2.24, 2.45) is 0 Å². The Morgan fingerprint density at radius 1 is 0.917 bits per heavy atom. The summed E-state index contributed by atoms with van der Waals surface area (Å²) >= 11 is 0. The number of aliphatic hydroxyl groups is 5. The summed E-state index contributed by atoms with van der Waals surface area (Å²) in [7, 11) is -10.1. The maximum absolute atomic E-state index is 9.90. The minimum Gasteiger partial charge on any atom is -0.759 e. The van der Waals surface area contributed by atoms with Crippen LogP contribution in [0, 0.1) is 0 Å². The fourth-order valence-corrected chi connectivity index (χ4v) is 0.618. The van der Waals surface area contributed by atoms with Crippen molar-refractivity contribution in [2.45, 2.75) is 24.4 Å². The van der Waals surface area contributed by atoms with E-state index in [4.69, 9.17) is 60.6 Å². The van der Waals surface area contributed by atoms with Crippen LogP contribution in [0.2, 0.25) is 0 Å². The van der Waals surface area contributed by atoms with Gasteiger partial charge in [-0.2, -0.15) is 0 Å². The molecule has 0 aliphatic heterocycles. The molecule has 0 rings (SSSR count). The van der Waals surface area contributed by atoms with Gasteiger partial charge in [0, 0.05) is 10.4 Å². The SMILES string of the molecule is O=C[C@H](O)[C@@H](O)[C@H](O)[C@H](O)CO.O=S(=O)([O-])O.O=S(=O)([O-])[O-].[Mg+2].[NH4+]. The van der Waals surface area contributed by atoms with Crippen LogP contribution in [0.5, 0.6) is 0 Å². The molecular weight excluding hydrogens is 398 g/mol. The zero-order valence-corrected chi connectivity index (χ0v) is 15.1. The number of hydrogen-bond acceptors (Lipinski definition) is 13.